The van der Waals surface area contributed by atoms with Gasteiger partial charge in [-0.15, -0.1) is 0 Å². The molecule has 4 aromatic carbocycles. The van der Waals surface area contributed by atoms with Crippen molar-refractivity contribution in [3.05, 3.63) is 143 Å². The Morgan fingerprint density at radius 3 is 1.33 bits per heavy atom. The lowest BCUT2D eigenvalue weighted by molar-refractivity contribution is -0.150. The van der Waals surface area contributed by atoms with Crippen LogP contribution in [0, 0.1) is 0 Å². The van der Waals surface area contributed by atoms with Gasteiger partial charge in [0.25, 0.3) is 0 Å². The molecule has 0 bridgehead atoms. The van der Waals surface area contributed by atoms with E-state index in [-0.39, 0.29) is 13.2 Å². The lowest BCUT2D eigenvalue weighted by atomic mass is 10.1. The van der Waals surface area contributed by atoms with Gasteiger partial charge in [-0.3, -0.25) is 0 Å². The second-order valence-corrected chi connectivity index (χ2v) is 11.8. The SMILES string of the molecule is C/C(=C\c1ccc(OCc2ccccc2)cc1)C(=O)O[C@@H]1CO[C@H]2[C@@H]1OC[C@H]2OC(=O)/C(C)=C/c1ccc(OCc2ccccc2)cc1. The van der Waals surface area contributed by atoms with Crippen molar-refractivity contribution in [3.8, 4) is 11.5 Å². The van der Waals surface area contributed by atoms with Crippen molar-refractivity contribution in [3.63, 3.8) is 0 Å². The third-order valence-corrected chi connectivity index (χ3v) is 8.15. The molecule has 0 spiro atoms. The number of hydrogen-bond acceptors (Lipinski definition) is 8. The summed E-state index contributed by atoms with van der Waals surface area (Å²) in [6.07, 6.45) is 1.26. The summed E-state index contributed by atoms with van der Waals surface area (Å²) >= 11 is 0. The summed E-state index contributed by atoms with van der Waals surface area (Å²) in [4.78, 5) is 25.9. The number of ether oxygens (including phenoxy) is 6. The van der Waals surface area contributed by atoms with E-state index in [9.17, 15) is 9.59 Å². The van der Waals surface area contributed by atoms with Crippen LogP contribution in [-0.2, 0) is 41.8 Å². The zero-order valence-corrected chi connectivity index (χ0v) is 27.0. The molecule has 246 valence electrons. The van der Waals surface area contributed by atoms with Gasteiger partial charge in [0.05, 0.1) is 13.2 Å². The molecule has 0 amide bonds. The number of fused-ring (bicyclic) bond motifs is 1. The number of hydrogen-bond donors (Lipinski definition) is 0. The summed E-state index contributed by atoms with van der Waals surface area (Å²) in [5.41, 5.74) is 4.74. The topological polar surface area (TPSA) is 89.5 Å². The van der Waals surface area contributed by atoms with Gasteiger partial charge >= 0.3 is 11.9 Å². The molecule has 0 aromatic heterocycles. The van der Waals surface area contributed by atoms with E-state index in [0.29, 0.717) is 24.4 Å². The zero-order chi connectivity index (χ0) is 33.3. The predicted molar refractivity (Wildman–Crippen MR) is 181 cm³/mol. The molecule has 0 saturated carbocycles. The highest BCUT2D eigenvalue weighted by Gasteiger charge is 2.51. The molecule has 2 fully saturated rings. The Morgan fingerprint density at radius 1 is 0.583 bits per heavy atom. The number of esters is 2. The number of carbonyl (C=O) groups is 2. The lowest BCUT2D eigenvalue weighted by Gasteiger charge is -2.17. The van der Waals surface area contributed by atoms with Crippen LogP contribution in [0.4, 0.5) is 0 Å². The van der Waals surface area contributed by atoms with Crippen molar-refractivity contribution in [2.45, 2.75) is 51.5 Å². The summed E-state index contributed by atoms with van der Waals surface area (Å²) in [5, 5.41) is 0. The minimum Gasteiger partial charge on any atom is -0.489 e. The molecule has 0 unspecified atom stereocenters. The molecule has 2 aliphatic heterocycles. The van der Waals surface area contributed by atoms with Gasteiger partial charge in [-0.05, 0) is 72.5 Å². The van der Waals surface area contributed by atoms with Crippen LogP contribution in [0.1, 0.15) is 36.1 Å². The fourth-order valence-corrected chi connectivity index (χ4v) is 5.51. The number of rotatable bonds is 12. The third kappa shape index (κ3) is 8.59. The van der Waals surface area contributed by atoms with Gasteiger partial charge in [0.2, 0.25) is 0 Å². The maximum atomic E-state index is 12.9. The van der Waals surface area contributed by atoms with Crippen molar-refractivity contribution in [2.24, 2.45) is 0 Å². The minimum absolute atomic E-state index is 0.156. The van der Waals surface area contributed by atoms with Crippen molar-refractivity contribution in [2.75, 3.05) is 13.2 Å². The summed E-state index contributed by atoms with van der Waals surface area (Å²) in [6, 6.07) is 34.9. The monoisotopic (exact) mass is 646 g/mol. The molecule has 2 saturated heterocycles. The lowest BCUT2D eigenvalue weighted by Crippen LogP contribution is -2.36. The van der Waals surface area contributed by atoms with E-state index in [0.717, 1.165) is 33.8 Å². The highest BCUT2D eigenvalue weighted by Crippen LogP contribution is 2.32. The molecule has 2 heterocycles. The highest BCUT2D eigenvalue weighted by atomic mass is 16.7. The fraction of sp³-hybridized carbons (Fsp3) is 0.250. The highest BCUT2D eigenvalue weighted by molar-refractivity contribution is 5.93. The summed E-state index contributed by atoms with van der Waals surface area (Å²) in [5.74, 6) is 0.549. The van der Waals surface area contributed by atoms with Gasteiger partial charge in [0, 0.05) is 11.1 Å². The maximum Gasteiger partial charge on any atom is 0.334 e. The standard InChI is InChI=1S/C40H38O8/c1-27(21-29-13-17-33(18-14-29)43-23-31-9-5-3-6-10-31)39(41)47-35-25-45-38-36(26-46-37(35)38)48-40(42)28(2)22-30-15-19-34(20-16-30)44-24-32-11-7-4-8-12-32/h3-22,35-38H,23-26H2,1-2H3/b27-21+,28-22+/t35-,36-,37-,38-/m1/s1. The molecular formula is C40H38O8. The molecule has 0 radical (unpaired) electrons. The minimum atomic E-state index is -0.609. The van der Waals surface area contributed by atoms with Crippen LogP contribution in [0.25, 0.3) is 12.2 Å². The van der Waals surface area contributed by atoms with Crippen LogP contribution in [-0.4, -0.2) is 49.6 Å². The van der Waals surface area contributed by atoms with Crippen LogP contribution in [0.15, 0.2) is 120 Å². The van der Waals surface area contributed by atoms with Crippen molar-refractivity contribution in [1.29, 1.82) is 0 Å². The number of benzene rings is 4. The van der Waals surface area contributed by atoms with Crippen LogP contribution < -0.4 is 9.47 Å². The van der Waals surface area contributed by atoms with Gasteiger partial charge < -0.3 is 28.4 Å². The Kier molecular flexibility index (Phi) is 10.6. The molecular weight excluding hydrogens is 608 g/mol. The predicted octanol–water partition coefficient (Wildman–Crippen LogP) is 6.97. The molecule has 6 rings (SSSR count). The maximum absolute atomic E-state index is 12.9. The normalized spacial score (nSPS) is 20.5. The van der Waals surface area contributed by atoms with Gasteiger partial charge in [-0.25, -0.2) is 9.59 Å². The summed E-state index contributed by atoms with van der Waals surface area (Å²) in [6.45, 7) is 4.68. The second kappa shape index (κ2) is 15.6. The van der Waals surface area contributed by atoms with E-state index in [1.54, 1.807) is 26.0 Å². The molecule has 8 nitrogen and oxygen atoms in total. The fourth-order valence-electron chi connectivity index (χ4n) is 5.51. The van der Waals surface area contributed by atoms with Crippen molar-refractivity contribution < 1.29 is 38.0 Å². The van der Waals surface area contributed by atoms with E-state index >= 15 is 0 Å². The summed E-state index contributed by atoms with van der Waals surface area (Å²) in [7, 11) is 0. The molecule has 8 heteroatoms. The Labute approximate surface area is 280 Å². The first-order valence-electron chi connectivity index (χ1n) is 16.0. The quantitative estimate of drug-likeness (QED) is 0.120. The Morgan fingerprint density at radius 2 is 0.958 bits per heavy atom. The summed E-state index contributed by atoms with van der Waals surface area (Å²) < 4.78 is 35.0. The van der Waals surface area contributed by atoms with Crippen LogP contribution in [0.2, 0.25) is 0 Å². The molecule has 0 aliphatic carbocycles. The Bertz CT molecular complexity index is 1600. The Balaban J connectivity index is 0.962. The van der Waals surface area contributed by atoms with Gasteiger partial charge in [0.15, 0.2) is 12.2 Å². The van der Waals surface area contributed by atoms with E-state index in [1.807, 2.05) is 109 Å². The largest absolute Gasteiger partial charge is 0.489 e. The average molecular weight is 647 g/mol. The zero-order valence-electron chi connectivity index (χ0n) is 27.0. The smallest absolute Gasteiger partial charge is 0.334 e. The molecule has 4 atom stereocenters. The van der Waals surface area contributed by atoms with E-state index in [4.69, 9.17) is 28.4 Å². The molecule has 4 aromatic rings. The van der Waals surface area contributed by atoms with E-state index in [1.165, 1.54) is 0 Å². The molecule has 48 heavy (non-hydrogen) atoms. The van der Waals surface area contributed by atoms with E-state index < -0.39 is 36.4 Å². The third-order valence-electron chi connectivity index (χ3n) is 8.15. The molecule has 0 N–H and O–H groups in total. The van der Waals surface area contributed by atoms with Crippen LogP contribution in [0.3, 0.4) is 0 Å². The first-order valence-corrected chi connectivity index (χ1v) is 16.0. The Hall–Kier alpha value is -5.18. The van der Waals surface area contributed by atoms with Crippen LogP contribution >= 0.6 is 0 Å². The van der Waals surface area contributed by atoms with Crippen LogP contribution in [0.5, 0.6) is 11.5 Å². The van der Waals surface area contributed by atoms with E-state index in [2.05, 4.69) is 0 Å². The molecule has 2 aliphatic rings. The van der Waals surface area contributed by atoms with Crippen molar-refractivity contribution in [1.82, 2.24) is 0 Å². The van der Waals surface area contributed by atoms with Gasteiger partial charge in [-0.1, -0.05) is 84.9 Å². The number of carbonyl (C=O) groups excluding carboxylic acids is 2. The van der Waals surface area contributed by atoms with Gasteiger partial charge in [0.1, 0.15) is 36.9 Å². The first-order chi connectivity index (χ1) is 23.4. The van der Waals surface area contributed by atoms with Crippen molar-refractivity contribution >= 4 is 24.1 Å². The second-order valence-electron chi connectivity index (χ2n) is 11.8. The van der Waals surface area contributed by atoms with Gasteiger partial charge in [-0.2, -0.15) is 0 Å². The first kappa shape index (κ1) is 32.7. The average Bonchev–Trinajstić information content (AvgIpc) is 3.71.